The number of nitrogens with one attached hydrogen (secondary N) is 1. The number of aliphatic hydroxyl groups is 1. The van der Waals surface area contributed by atoms with Crippen LogP contribution in [0.2, 0.25) is 0 Å². The van der Waals surface area contributed by atoms with E-state index in [9.17, 15) is 8.42 Å². The molecule has 6 heteroatoms. The number of hydrogen-bond donors (Lipinski definition) is 2. The summed E-state index contributed by atoms with van der Waals surface area (Å²) in [5, 5.41) is 12.0. The Morgan fingerprint density at radius 1 is 1.44 bits per heavy atom. The molecule has 0 aromatic rings. The molecule has 0 saturated carbocycles. The highest BCUT2D eigenvalue weighted by atomic mass is 32.2. The molecule has 0 amide bonds. The first-order valence-electron chi connectivity index (χ1n) is 6.81. The van der Waals surface area contributed by atoms with Gasteiger partial charge in [-0.1, -0.05) is 13.8 Å². The Labute approximate surface area is 111 Å². The van der Waals surface area contributed by atoms with Crippen molar-refractivity contribution in [3.63, 3.8) is 0 Å². The van der Waals surface area contributed by atoms with E-state index in [4.69, 9.17) is 5.11 Å². The van der Waals surface area contributed by atoms with Gasteiger partial charge in [-0.15, -0.1) is 0 Å². The summed E-state index contributed by atoms with van der Waals surface area (Å²) in [4.78, 5) is 0. The van der Waals surface area contributed by atoms with Crippen LogP contribution in [0.3, 0.4) is 0 Å². The predicted molar refractivity (Wildman–Crippen MR) is 73.0 cm³/mol. The van der Waals surface area contributed by atoms with E-state index in [0.717, 1.165) is 19.3 Å². The summed E-state index contributed by atoms with van der Waals surface area (Å²) in [6.07, 6.45) is 3.32. The van der Waals surface area contributed by atoms with Crippen molar-refractivity contribution >= 4 is 10.0 Å². The zero-order valence-corrected chi connectivity index (χ0v) is 12.2. The van der Waals surface area contributed by atoms with Crippen LogP contribution in [-0.2, 0) is 10.0 Å². The van der Waals surface area contributed by atoms with Crippen molar-refractivity contribution < 1.29 is 13.5 Å². The second kappa shape index (κ2) is 7.43. The second-order valence-corrected chi connectivity index (χ2v) is 7.24. The number of aliphatic hydroxyl groups excluding tert-OH is 1. The van der Waals surface area contributed by atoms with Crippen molar-refractivity contribution in [1.82, 2.24) is 9.62 Å². The summed E-state index contributed by atoms with van der Waals surface area (Å²) in [7, 11) is -3.15. The smallest absolute Gasteiger partial charge is 0.215 e. The van der Waals surface area contributed by atoms with Crippen LogP contribution < -0.4 is 5.32 Å². The highest BCUT2D eigenvalue weighted by Gasteiger charge is 2.33. The Kier molecular flexibility index (Phi) is 6.55. The summed E-state index contributed by atoms with van der Waals surface area (Å²) in [5.74, 6) is 0.167. The van der Waals surface area contributed by atoms with Crippen molar-refractivity contribution in [3.05, 3.63) is 0 Å². The Morgan fingerprint density at radius 2 is 2.17 bits per heavy atom. The normalized spacial score (nSPS) is 21.9. The quantitative estimate of drug-likeness (QED) is 0.680. The van der Waals surface area contributed by atoms with Crippen LogP contribution in [0.25, 0.3) is 0 Å². The Bertz CT molecular complexity index is 330. The molecule has 0 aromatic carbocycles. The van der Waals surface area contributed by atoms with E-state index in [-0.39, 0.29) is 18.4 Å². The molecular weight excluding hydrogens is 252 g/mol. The van der Waals surface area contributed by atoms with Crippen molar-refractivity contribution in [1.29, 1.82) is 0 Å². The third-order valence-corrected chi connectivity index (χ3v) is 5.20. The lowest BCUT2D eigenvalue weighted by Crippen LogP contribution is -2.40. The molecule has 1 unspecified atom stereocenters. The highest BCUT2D eigenvalue weighted by molar-refractivity contribution is 7.89. The minimum atomic E-state index is -3.15. The van der Waals surface area contributed by atoms with Crippen molar-refractivity contribution in [2.45, 2.75) is 51.6 Å². The number of nitrogens with zero attached hydrogens (tertiary/aromatic N) is 1. The standard InChI is InChI=1S/C12H26N2O3S/c1-11(2)13-7-10-18(16,17)14-8-3-5-12(14)6-4-9-15/h11-13,15H,3-10H2,1-2H3. The van der Waals surface area contributed by atoms with Gasteiger partial charge in [0.05, 0.1) is 5.75 Å². The molecule has 2 N–H and O–H groups in total. The van der Waals surface area contributed by atoms with Gasteiger partial charge in [-0.05, 0) is 25.7 Å². The van der Waals surface area contributed by atoms with E-state index < -0.39 is 10.0 Å². The highest BCUT2D eigenvalue weighted by Crippen LogP contribution is 2.24. The SMILES string of the molecule is CC(C)NCCS(=O)(=O)N1CCCC1CCCO. The van der Waals surface area contributed by atoms with E-state index in [1.165, 1.54) is 0 Å². The number of rotatable bonds is 8. The van der Waals surface area contributed by atoms with Gasteiger partial charge in [-0.3, -0.25) is 0 Å². The van der Waals surface area contributed by atoms with E-state index in [0.29, 0.717) is 25.6 Å². The molecule has 1 aliphatic rings. The summed E-state index contributed by atoms with van der Waals surface area (Å²) in [6.45, 7) is 5.29. The van der Waals surface area contributed by atoms with Crippen LogP contribution >= 0.6 is 0 Å². The summed E-state index contributed by atoms with van der Waals surface area (Å²) >= 11 is 0. The Hall–Kier alpha value is -0.170. The van der Waals surface area contributed by atoms with Crippen molar-refractivity contribution in [2.24, 2.45) is 0 Å². The second-order valence-electron chi connectivity index (χ2n) is 5.20. The van der Waals surface area contributed by atoms with Gasteiger partial charge in [0.25, 0.3) is 0 Å². The fourth-order valence-corrected chi connectivity index (χ4v) is 4.07. The first-order valence-corrected chi connectivity index (χ1v) is 8.42. The number of hydrogen-bond acceptors (Lipinski definition) is 4. The topological polar surface area (TPSA) is 69.6 Å². The lowest BCUT2D eigenvalue weighted by Gasteiger charge is -2.24. The van der Waals surface area contributed by atoms with E-state index >= 15 is 0 Å². The summed E-state index contributed by atoms with van der Waals surface area (Å²) < 4.78 is 26.1. The minimum absolute atomic E-state index is 0.0983. The lowest BCUT2D eigenvalue weighted by molar-refractivity contribution is 0.264. The van der Waals surface area contributed by atoms with Gasteiger partial charge in [0.15, 0.2) is 0 Å². The molecular formula is C12H26N2O3S. The zero-order valence-electron chi connectivity index (χ0n) is 11.4. The third kappa shape index (κ3) is 4.84. The van der Waals surface area contributed by atoms with Crippen LogP contribution in [0.4, 0.5) is 0 Å². The van der Waals surface area contributed by atoms with Gasteiger partial charge >= 0.3 is 0 Å². The largest absolute Gasteiger partial charge is 0.396 e. The lowest BCUT2D eigenvalue weighted by atomic mass is 10.1. The molecule has 1 aliphatic heterocycles. The van der Waals surface area contributed by atoms with Gasteiger partial charge in [-0.25, -0.2) is 8.42 Å². The van der Waals surface area contributed by atoms with Crippen molar-refractivity contribution in [3.8, 4) is 0 Å². The average molecular weight is 278 g/mol. The van der Waals surface area contributed by atoms with E-state index in [1.54, 1.807) is 4.31 Å². The van der Waals surface area contributed by atoms with Crippen LogP contribution in [0.15, 0.2) is 0 Å². The first kappa shape index (κ1) is 15.9. The molecule has 1 saturated heterocycles. The van der Waals surface area contributed by atoms with Gasteiger partial charge < -0.3 is 10.4 Å². The van der Waals surface area contributed by atoms with Gasteiger partial charge in [0.2, 0.25) is 10.0 Å². The molecule has 5 nitrogen and oxygen atoms in total. The fourth-order valence-electron chi connectivity index (χ4n) is 2.38. The maximum Gasteiger partial charge on any atom is 0.215 e. The van der Waals surface area contributed by atoms with Crippen LogP contribution in [0.1, 0.15) is 39.5 Å². The molecule has 1 rings (SSSR count). The van der Waals surface area contributed by atoms with Crippen molar-refractivity contribution in [2.75, 3.05) is 25.4 Å². The average Bonchev–Trinajstić information content (AvgIpc) is 2.74. The maximum atomic E-state index is 12.2. The van der Waals surface area contributed by atoms with Gasteiger partial charge in [-0.2, -0.15) is 4.31 Å². The minimum Gasteiger partial charge on any atom is -0.396 e. The van der Waals surface area contributed by atoms with Gasteiger partial charge in [0.1, 0.15) is 0 Å². The Balaban J connectivity index is 2.49. The zero-order chi connectivity index (χ0) is 13.6. The summed E-state index contributed by atoms with van der Waals surface area (Å²) in [5.41, 5.74) is 0. The summed E-state index contributed by atoms with van der Waals surface area (Å²) in [6, 6.07) is 0.408. The number of sulfonamides is 1. The van der Waals surface area contributed by atoms with E-state index in [2.05, 4.69) is 5.32 Å². The molecule has 0 radical (unpaired) electrons. The van der Waals surface area contributed by atoms with E-state index in [1.807, 2.05) is 13.8 Å². The fraction of sp³-hybridized carbons (Fsp3) is 1.00. The predicted octanol–water partition coefficient (Wildman–Crippen LogP) is 0.551. The van der Waals surface area contributed by atoms with Crippen LogP contribution in [0, 0.1) is 0 Å². The third-order valence-electron chi connectivity index (χ3n) is 3.29. The molecule has 0 spiro atoms. The molecule has 0 aliphatic carbocycles. The molecule has 0 bridgehead atoms. The molecule has 0 aromatic heterocycles. The van der Waals surface area contributed by atoms with Crippen LogP contribution in [0.5, 0.6) is 0 Å². The first-order chi connectivity index (χ1) is 8.47. The molecule has 1 fully saturated rings. The molecule has 1 heterocycles. The molecule has 1 atom stereocenters. The monoisotopic (exact) mass is 278 g/mol. The Morgan fingerprint density at radius 3 is 2.78 bits per heavy atom. The maximum absolute atomic E-state index is 12.2. The van der Waals surface area contributed by atoms with Gasteiger partial charge in [0, 0.05) is 31.8 Å². The molecule has 18 heavy (non-hydrogen) atoms. The van der Waals surface area contributed by atoms with Crippen LogP contribution in [-0.4, -0.2) is 55.4 Å². The molecule has 108 valence electrons.